The van der Waals surface area contributed by atoms with Gasteiger partial charge in [-0.3, -0.25) is 9.69 Å². The minimum Gasteiger partial charge on any atom is -0.453 e. The van der Waals surface area contributed by atoms with Crippen LogP contribution in [0.1, 0.15) is 20.9 Å². The van der Waals surface area contributed by atoms with Crippen LogP contribution in [0.3, 0.4) is 0 Å². The first kappa shape index (κ1) is 25.6. The van der Waals surface area contributed by atoms with Crippen LogP contribution < -0.4 is 10.4 Å². The SMILES string of the molecule is O=C(/C(=C/c1c[nH]c2ccccc12)Oc1ccc2c(CN(CCO)CCO)cc(=O)oc2c1)c1nccs1. The fraction of sp³-hybridized carbons (Fsp3) is 0.179. The van der Waals surface area contributed by atoms with Gasteiger partial charge in [0.15, 0.2) is 10.8 Å². The zero-order chi connectivity index (χ0) is 26.5. The predicted octanol–water partition coefficient (Wildman–Crippen LogP) is 3.82. The summed E-state index contributed by atoms with van der Waals surface area (Å²) in [6.45, 7) is 0.901. The Morgan fingerprint density at radius 1 is 1.11 bits per heavy atom. The number of aliphatic hydroxyl groups excluding tert-OH is 2. The highest BCUT2D eigenvalue weighted by Crippen LogP contribution is 2.28. The van der Waals surface area contributed by atoms with Crippen molar-refractivity contribution in [2.24, 2.45) is 0 Å². The number of benzene rings is 2. The van der Waals surface area contributed by atoms with Gasteiger partial charge in [0.2, 0.25) is 0 Å². The molecule has 0 saturated carbocycles. The van der Waals surface area contributed by atoms with Crippen molar-refractivity contribution in [1.29, 1.82) is 0 Å². The number of H-pyrrole nitrogens is 1. The number of hydrogen-bond acceptors (Lipinski definition) is 9. The van der Waals surface area contributed by atoms with Gasteiger partial charge in [-0.2, -0.15) is 0 Å². The van der Waals surface area contributed by atoms with Crippen LogP contribution in [0.5, 0.6) is 5.75 Å². The number of carbonyl (C=O) groups is 1. The van der Waals surface area contributed by atoms with Crippen LogP contribution in [0, 0.1) is 0 Å². The van der Waals surface area contributed by atoms with Gasteiger partial charge in [0.05, 0.1) is 13.2 Å². The molecular weight excluding hydrogens is 506 g/mol. The highest BCUT2D eigenvalue weighted by Gasteiger charge is 2.19. The Hall–Kier alpha value is -4.09. The molecule has 0 saturated heterocycles. The van der Waals surface area contributed by atoms with Crippen molar-refractivity contribution in [2.75, 3.05) is 26.3 Å². The lowest BCUT2D eigenvalue weighted by Crippen LogP contribution is -2.29. The summed E-state index contributed by atoms with van der Waals surface area (Å²) in [5.41, 5.74) is 2.16. The number of nitrogens with zero attached hydrogens (tertiary/aromatic N) is 2. The summed E-state index contributed by atoms with van der Waals surface area (Å²) >= 11 is 1.22. The summed E-state index contributed by atoms with van der Waals surface area (Å²) in [6, 6.07) is 14.2. The van der Waals surface area contributed by atoms with Gasteiger partial charge < -0.3 is 24.4 Å². The number of aromatic amines is 1. The molecule has 0 bridgehead atoms. The molecule has 9 nitrogen and oxygen atoms in total. The van der Waals surface area contributed by atoms with Crippen LogP contribution in [0.25, 0.3) is 27.9 Å². The van der Waals surface area contributed by atoms with E-state index in [1.165, 1.54) is 17.4 Å². The molecule has 2 aromatic carbocycles. The lowest BCUT2D eigenvalue weighted by molar-refractivity contribution is 0.0988. The number of Topliss-reactive ketones (excluding diaryl/α,β-unsaturated/α-hetero) is 1. The average molecular weight is 532 g/mol. The summed E-state index contributed by atoms with van der Waals surface area (Å²) in [7, 11) is 0. The molecule has 0 unspecified atom stereocenters. The Morgan fingerprint density at radius 3 is 2.68 bits per heavy atom. The minimum atomic E-state index is -0.536. The number of hydrogen-bond donors (Lipinski definition) is 3. The third-order valence-electron chi connectivity index (χ3n) is 6.01. The second-order valence-corrected chi connectivity index (χ2v) is 9.43. The largest absolute Gasteiger partial charge is 0.453 e. The number of rotatable bonds is 11. The van der Waals surface area contributed by atoms with Gasteiger partial charge in [-0.15, -0.1) is 11.3 Å². The molecule has 0 aliphatic carbocycles. The van der Waals surface area contributed by atoms with Crippen molar-refractivity contribution in [3.05, 3.63) is 98.6 Å². The van der Waals surface area contributed by atoms with Crippen LogP contribution in [-0.4, -0.2) is 57.2 Å². The standard InChI is InChI=1S/C28H25N3O6S/c32-10-8-31(9-11-33)17-19-14-26(34)37-24-15-20(5-6-22(19)24)36-25(27(35)28-29-7-12-38-28)13-18-16-30-23-4-2-1-3-21(18)23/h1-7,12-16,30,32-33H,8-11,17H2/b25-13-. The number of aromatic nitrogens is 2. The van der Waals surface area contributed by atoms with Crippen LogP contribution in [-0.2, 0) is 6.54 Å². The Bertz CT molecular complexity index is 1650. The number of aliphatic hydroxyl groups is 2. The Labute approximate surface area is 221 Å². The molecule has 0 fully saturated rings. The maximum absolute atomic E-state index is 13.3. The number of ether oxygens (including phenoxy) is 1. The molecule has 0 aliphatic heterocycles. The number of allylic oxidation sites excluding steroid dienone is 1. The molecule has 3 heterocycles. The first-order chi connectivity index (χ1) is 18.6. The number of fused-ring (bicyclic) bond motifs is 2. The van der Waals surface area contributed by atoms with Gasteiger partial charge >= 0.3 is 5.63 Å². The number of carbonyl (C=O) groups excluding carboxylic acids is 1. The summed E-state index contributed by atoms with van der Waals surface area (Å²) in [6.07, 6.45) is 5.03. The first-order valence-corrected chi connectivity index (χ1v) is 12.8. The lowest BCUT2D eigenvalue weighted by atomic mass is 10.1. The van der Waals surface area contributed by atoms with Crippen molar-refractivity contribution in [3.63, 3.8) is 0 Å². The zero-order valence-electron chi connectivity index (χ0n) is 20.3. The van der Waals surface area contributed by atoms with Gasteiger partial charge in [-0.1, -0.05) is 18.2 Å². The molecule has 0 radical (unpaired) electrons. The third-order valence-corrected chi connectivity index (χ3v) is 6.79. The second kappa shape index (κ2) is 11.5. The maximum atomic E-state index is 13.3. The van der Waals surface area contributed by atoms with E-state index in [0.29, 0.717) is 46.9 Å². The smallest absolute Gasteiger partial charge is 0.336 e. The molecule has 5 rings (SSSR count). The van der Waals surface area contributed by atoms with E-state index in [2.05, 4.69) is 9.97 Å². The molecule has 0 aliphatic rings. The highest BCUT2D eigenvalue weighted by molar-refractivity contribution is 7.11. The normalized spacial score (nSPS) is 12.0. The van der Waals surface area contributed by atoms with E-state index in [1.807, 2.05) is 29.2 Å². The molecule has 194 valence electrons. The predicted molar refractivity (Wildman–Crippen MR) is 145 cm³/mol. The quantitative estimate of drug-likeness (QED) is 0.102. The Kier molecular flexibility index (Phi) is 7.75. The molecule has 0 spiro atoms. The summed E-state index contributed by atoms with van der Waals surface area (Å²) in [4.78, 5) is 34.8. The molecule has 38 heavy (non-hydrogen) atoms. The first-order valence-electron chi connectivity index (χ1n) is 12.0. The van der Waals surface area contributed by atoms with E-state index in [1.54, 1.807) is 42.0 Å². The number of ketones is 1. The minimum absolute atomic E-state index is 0.0691. The van der Waals surface area contributed by atoms with E-state index in [0.717, 1.165) is 16.5 Å². The molecular formula is C28H25N3O6S. The Morgan fingerprint density at radius 2 is 1.92 bits per heavy atom. The van der Waals surface area contributed by atoms with Crippen LogP contribution in [0.2, 0.25) is 0 Å². The highest BCUT2D eigenvalue weighted by atomic mass is 32.1. The van der Waals surface area contributed by atoms with Crippen LogP contribution in [0.15, 0.2) is 81.3 Å². The van der Waals surface area contributed by atoms with E-state index < -0.39 is 5.63 Å². The topological polar surface area (TPSA) is 129 Å². The average Bonchev–Trinajstić information content (AvgIpc) is 3.59. The van der Waals surface area contributed by atoms with Crippen molar-refractivity contribution in [2.45, 2.75) is 6.54 Å². The van der Waals surface area contributed by atoms with Crippen LogP contribution >= 0.6 is 11.3 Å². The van der Waals surface area contributed by atoms with Crippen molar-refractivity contribution < 1.29 is 24.2 Å². The van der Waals surface area contributed by atoms with Gasteiger partial charge in [-0.05, 0) is 29.8 Å². The third kappa shape index (κ3) is 5.58. The summed E-state index contributed by atoms with van der Waals surface area (Å²) in [5.74, 6) is 0.0141. The van der Waals surface area contributed by atoms with Gasteiger partial charge in [0.1, 0.15) is 11.3 Å². The fourth-order valence-electron chi connectivity index (χ4n) is 4.26. The van der Waals surface area contributed by atoms with Gasteiger partial charge in [-0.25, -0.2) is 9.78 Å². The van der Waals surface area contributed by atoms with Gasteiger partial charge in [0.25, 0.3) is 5.78 Å². The number of thiazole rings is 1. The van der Waals surface area contributed by atoms with Crippen LogP contribution in [0.4, 0.5) is 0 Å². The van der Waals surface area contributed by atoms with E-state index in [9.17, 15) is 19.8 Å². The molecule has 0 atom stereocenters. The Balaban J connectivity index is 1.52. The maximum Gasteiger partial charge on any atom is 0.336 e. The number of para-hydroxylation sites is 1. The monoisotopic (exact) mass is 531 g/mol. The van der Waals surface area contributed by atoms with Crippen molar-refractivity contribution >= 4 is 45.1 Å². The van der Waals surface area contributed by atoms with E-state index >= 15 is 0 Å². The molecule has 3 aromatic heterocycles. The summed E-state index contributed by atoms with van der Waals surface area (Å²) in [5, 5.41) is 22.3. The van der Waals surface area contributed by atoms with Crippen molar-refractivity contribution in [1.82, 2.24) is 14.9 Å². The van der Waals surface area contributed by atoms with E-state index in [4.69, 9.17) is 9.15 Å². The van der Waals surface area contributed by atoms with E-state index in [-0.39, 0.29) is 24.8 Å². The zero-order valence-corrected chi connectivity index (χ0v) is 21.1. The second-order valence-electron chi connectivity index (χ2n) is 8.54. The van der Waals surface area contributed by atoms with Gasteiger partial charge in [0, 0.05) is 71.4 Å². The lowest BCUT2D eigenvalue weighted by Gasteiger charge is -2.20. The molecule has 3 N–H and O–H groups in total. The fourth-order valence-corrected chi connectivity index (χ4v) is 4.84. The molecule has 10 heteroatoms. The molecule has 0 amide bonds. The number of nitrogens with one attached hydrogen (secondary N) is 1. The molecule has 5 aromatic rings. The summed E-state index contributed by atoms with van der Waals surface area (Å²) < 4.78 is 11.5. The van der Waals surface area contributed by atoms with Crippen molar-refractivity contribution in [3.8, 4) is 5.75 Å².